The van der Waals surface area contributed by atoms with Gasteiger partial charge >= 0.3 is 0 Å². The van der Waals surface area contributed by atoms with Crippen molar-refractivity contribution in [2.24, 2.45) is 0 Å². The van der Waals surface area contributed by atoms with E-state index in [-0.39, 0.29) is 5.56 Å². The van der Waals surface area contributed by atoms with E-state index in [0.29, 0.717) is 0 Å². The number of pyridine rings is 1. The van der Waals surface area contributed by atoms with Crippen LogP contribution in [0.5, 0.6) is 0 Å². The van der Waals surface area contributed by atoms with Crippen molar-refractivity contribution in [1.29, 1.82) is 0 Å². The Morgan fingerprint density at radius 3 is 1.85 bits per heavy atom. The van der Waals surface area contributed by atoms with Gasteiger partial charge in [-0.25, -0.2) is 0 Å². The van der Waals surface area contributed by atoms with Gasteiger partial charge in [0.05, 0.1) is 22.1 Å². The molecule has 0 N–H and O–H groups in total. The quantitative estimate of drug-likeness (QED) is 0.164. The first-order chi connectivity index (χ1) is 29.2. The fourth-order valence-electron chi connectivity index (χ4n) is 9.82. The molecule has 0 spiro atoms. The third-order valence-corrected chi connectivity index (χ3v) is 13.6. The van der Waals surface area contributed by atoms with E-state index in [0.717, 1.165) is 54.8 Å². The molecule has 0 fully saturated rings. The Bertz CT molecular complexity index is 3930. The molecule has 0 amide bonds. The van der Waals surface area contributed by atoms with Crippen molar-refractivity contribution < 1.29 is 0 Å². The average molecular weight is 769 g/mol. The van der Waals surface area contributed by atoms with Crippen LogP contribution in [0.3, 0.4) is 0 Å². The molecule has 4 heteroatoms. The zero-order chi connectivity index (χ0) is 38.8. The number of benzene rings is 9. The fourth-order valence-corrected chi connectivity index (χ4v) is 10.9. The van der Waals surface area contributed by atoms with Crippen molar-refractivity contribution in [3.8, 4) is 39.1 Å². The second-order valence-corrected chi connectivity index (χ2v) is 16.7. The van der Waals surface area contributed by atoms with Gasteiger partial charge in [0.15, 0.2) is 0 Å². The third kappa shape index (κ3) is 4.66. The van der Waals surface area contributed by atoms with Crippen molar-refractivity contribution in [1.82, 2.24) is 8.97 Å². The zero-order valence-electron chi connectivity index (χ0n) is 31.7. The van der Waals surface area contributed by atoms with Crippen molar-refractivity contribution in [3.05, 3.63) is 204 Å². The highest BCUT2D eigenvalue weighted by Crippen LogP contribution is 2.43. The summed E-state index contributed by atoms with van der Waals surface area (Å²) in [6, 6.07) is 69.7. The van der Waals surface area contributed by atoms with Gasteiger partial charge in [0.25, 0.3) is 5.56 Å². The first-order valence-electron chi connectivity index (χ1n) is 20.0. The van der Waals surface area contributed by atoms with Crippen molar-refractivity contribution in [3.63, 3.8) is 0 Å². The largest absolute Gasteiger partial charge is 0.309 e. The minimum Gasteiger partial charge on any atom is -0.309 e. The SMILES string of the molecule is O=c1c2cc(-c3cccc4sc5ccc(-n6c7ccccc7c7cc(-c8cccc(-c9ccccc9)c8)ccc76)cc5c34)ccc2c2cccc3c4ccccc4n1c23. The summed E-state index contributed by atoms with van der Waals surface area (Å²) in [5.41, 5.74) is 12.4. The fraction of sp³-hybridized carbons (Fsp3) is 0. The zero-order valence-corrected chi connectivity index (χ0v) is 32.5. The van der Waals surface area contributed by atoms with Crippen molar-refractivity contribution in [2.75, 3.05) is 0 Å². The lowest BCUT2D eigenvalue weighted by Crippen LogP contribution is -2.12. The molecule has 13 aromatic rings. The Labute approximate surface area is 342 Å². The number of rotatable bonds is 4. The van der Waals surface area contributed by atoms with Gasteiger partial charge in [0.2, 0.25) is 0 Å². The normalized spacial score (nSPS) is 12.1. The lowest BCUT2D eigenvalue weighted by Gasteiger charge is -2.11. The van der Waals surface area contributed by atoms with Crippen LogP contribution in [0, 0.1) is 0 Å². The Balaban J connectivity index is 0.991. The smallest absolute Gasteiger partial charge is 0.263 e. The van der Waals surface area contributed by atoms with E-state index < -0.39 is 0 Å². The maximum Gasteiger partial charge on any atom is 0.263 e. The second-order valence-electron chi connectivity index (χ2n) is 15.6. The number of nitrogens with zero attached hydrogens (tertiary/aromatic N) is 2. The highest BCUT2D eigenvalue weighted by molar-refractivity contribution is 7.26. The molecule has 3 nitrogen and oxygen atoms in total. The maximum absolute atomic E-state index is 14.5. The molecular weight excluding hydrogens is 737 g/mol. The summed E-state index contributed by atoms with van der Waals surface area (Å²) in [6.07, 6.45) is 0. The molecule has 9 aromatic carbocycles. The first-order valence-corrected chi connectivity index (χ1v) is 20.9. The highest BCUT2D eigenvalue weighted by atomic mass is 32.1. The molecule has 13 rings (SSSR count). The molecule has 0 radical (unpaired) electrons. The van der Waals surface area contributed by atoms with Gasteiger partial charge in [-0.1, -0.05) is 133 Å². The molecule has 4 heterocycles. The minimum atomic E-state index is 0.0230. The molecule has 0 saturated carbocycles. The molecule has 4 aromatic heterocycles. The summed E-state index contributed by atoms with van der Waals surface area (Å²) in [4.78, 5) is 14.5. The standard InChI is InChI=1S/C55H32N2OS/c58-55-46-31-37(23-26-40(46)43-18-9-19-44-41-15-4-7-21-49(41)57(55)54(43)44)39-17-10-22-52-53(39)47-32-38(25-28-51(47)59-52)56-48-20-6-5-16-42(48)45-30-36(24-27-50(45)56)35-14-8-13-34(29-35)33-11-2-1-3-12-33/h1-32H. The number of hydrogen-bond acceptors (Lipinski definition) is 2. The summed E-state index contributed by atoms with van der Waals surface area (Å²) in [7, 11) is 0. The summed E-state index contributed by atoms with van der Waals surface area (Å²) in [5.74, 6) is 0. The molecule has 0 aliphatic rings. The topological polar surface area (TPSA) is 26.4 Å². The maximum atomic E-state index is 14.5. The molecule has 0 saturated heterocycles. The Hall–Kier alpha value is -7.53. The minimum absolute atomic E-state index is 0.0230. The molecule has 0 atom stereocenters. The molecule has 0 aliphatic carbocycles. The molecular formula is C55H32N2OS. The van der Waals surface area contributed by atoms with Crippen LogP contribution in [0.25, 0.3) is 119 Å². The number of hydrogen-bond donors (Lipinski definition) is 0. The Morgan fingerprint density at radius 1 is 0.356 bits per heavy atom. The van der Waals surface area contributed by atoms with Gasteiger partial charge in [0.1, 0.15) is 0 Å². The predicted octanol–water partition coefficient (Wildman–Crippen LogP) is 14.7. The summed E-state index contributed by atoms with van der Waals surface area (Å²) < 4.78 is 6.81. The first kappa shape index (κ1) is 32.5. The van der Waals surface area contributed by atoms with Crippen LogP contribution in [0.2, 0.25) is 0 Å². The van der Waals surface area contributed by atoms with Crippen LogP contribution in [0.4, 0.5) is 0 Å². The van der Waals surface area contributed by atoms with Crippen LogP contribution in [-0.4, -0.2) is 8.97 Å². The second kappa shape index (κ2) is 12.2. The summed E-state index contributed by atoms with van der Waals surface area (Å²) >= 11 is 1.82. The summed E-state index contributed by atoms with van der Waals surface area (Å²) in [6.45, 7) is 0. The number of para-hydroxylation sites is 3. The Morgan fingerprint density at radius 2 is 0.983 bits per heavy atom. The van der Waals surface area contributed by atoms with Crippen molar-refractivity contribution in [2.45, 2.75) is 0 Å². The lowest BCUT2D eigenvalue weighted by molar-refractivity contribution is 1.19. The molecule has 0 aliphatic heterocycles. The lowest BCUT2D eigenvalue weighted by atomic mass is 9.96. The van der Waals surface area contributed by atoms with Gasteiger partial charge in [-0.3, -0.25) is 9.20 Å². The third-order valence-electron chi connectivity index (χ3n) is 12.5. The van der Waals surface area contributed by atoms with Gasteiger partial charge < -0.3 is 4.57 Å². The molecule has 0 bridgehead atoms. The van der Waals surface area contributed by atoms with Crippen LogP contribution in [0.1, 0.15) is 0 Å². The van der Waals surface area contributed by atoms with E-state index in [9.17, 15) is 4.79 Å². The predicted molar refractivity (Wildman–Crippen MR) is 251 cm³/mol. The van der Waals surface area contributed by atoms with Gasteiger partial charge in [0, 0.05) is 58.2 Å². The van der Waals surface area contributed by atoms with Gasteiger partial charge in [-0.05, 0) is 99.4 Å². The molecule has 0 unspecified atom stereocenters. The number of thiophene rings is 1. The molecule has 274 valence electrons. The van der Waals surface area contributed by atoms with E-state index in [1.165, 1.54) is 64.2 Å². The van der Waals surface area contributed by atoms with Crippen LogP contribution in [0.15, 0.2) is 199 Å². The van der Waals surface area contributed by atoms with Gasteiger partial charge in [-0.2, -0.15) is 0 Å². The Kier molecular flexibility index (Phi) is 6.75. The van der Waals surface area contributed by atoms with Crippen LogP contribution in [-0.2, 0) is 0 Å². The number of fused-ring (bicyclic) bond motifs is 11. The van der Waals surface area contributed by atoms with E-state index in [2.05, 4.69) is 187 Å². The van der Waals surface area contributed by atoms with Crippen molar-refractivity contribution >= 4 is 91.3 Å². The highest BCUT2D eigenvalue weighted by Gasteiger charge is 2.20. The van der Waals surface area contributed by atoms with E-state index >= 15 is 0 Å². The molecule has 59 heavy (non-hydrogen) atoms. The average Bonchev–Trinajstić information content (AvgIpc) is 3.96. The van der Waals surface area contributed by atoms with E-state index in [4.69, 9.17) is 0 Å². The monoisotopic (exact) mass is 768 g/mol. The van der Waals surface area contributed by atoms with E-state index in [1.54, 1.807) is 0 Å². The number of aromatic nitrogens is 2. The van der Waals surface area contributed by atoms with Crippen LogP contribution >= 0.6 is 11.3 Å². The summed E-state index contributed by atoms with van der Waals surface area (Å²) in [5, 5.41) is 9.93. The van der Waals surface area contributed by atoms with Gasteiger partial charge in [-0.15, -0.1) is 11.3 Å². The van der Waals surface area contributed by atoms with E-state index in [1.807, 2.05) is 27.9 Å². The van der Waals surface area contributed by atoms with Crippen LogP contribution < -0.4 is 5.56 Å².